The van der Waals surface area contributed by atoms with Crippen LogP contribution in [0.4, 0.5) is 0 Å². The van der Waals surface area contributed by atoms with Crippen molar-refractivity contribution >= 4 is 44.1 Å². The highest BCUT2D eigenvalue weighted by molar-refractivity contribution is 8.00. The molecule has 1 aromatic heterocycles. The number of aromatic nitrogens is 1. The van der Waals surface area contributed by atoms with E-state index in [2.05, 4.69) is 136 Å². The maximum absolute atomic E-state index is 2.50. The van der Waals surface area contributed by atoms with Crippen LogP contribution >= 0.6 is 11.8 Å². The molecular weight excluding hydrogens is 527 g/mol. The Morgan fingerprint density at radius 1 is 0.619 bits per heavy atom. The molecule has 0 amide bonds. The lowest BCUT2D eigenvalue weighted by molar-refractivity contribution is -0.659. The maximum Gasteiger partial charge on any atom is 0.222 e. The van der Waals surface area contributed by atoms with Gasteiger partial charge in [0, 0.05) is 15.9 Å². The fourth-order valence-electron chi connectivity index (χ4n) is 7.06. The van der Waals surface area contributed by atoms with Gasteiger partial charge in [-0.25, -0.2) is 4.57 Å². The van der Waals surface area contributed by atoms with E-state index in [4.69, 9.17) is 0 Å². The zero-order chi connectivity index (χ0) is 30.4. The summed E-state index contributed by atoms with van der Waals surface area (Å²) in [5.41, 5.74) is 9.27. The highest BCUT2D eigenvalue weighted by Crippen LogP contribution is 2.54. The Morgan fingerprint density at radius 2 is 1.21 bits per heavy atom. The summed E-state index contributed by atoms with van der Waals surface area (Å²) in [7, 11) is 2.23. The standard InChI is InChI=1S/C40H48NS/c1-24-31-19-26(22-39(5,6)7)13-15-30(31)32(23-40(8,9)10)37-33(24)35-34-27(16-17-41(35)11)20-28-18-25(21-38(2,3)4)12-14-29(28)36(34)42-37/h12-20H,21-23H2,1-11H3/q+1. The van der Waals surface area contributed by atoms with Crippen LogP contribution in [-0.4, -0.2) is 0 Å². The molecular formula is C40H48NS+. The van der Waals surface area contributed by atoms with Crippen molar-refractivity contribution in [2.75, 3.05) is 0 Å². The molecule has 2 heterocycles. The summed E-state index contributed by atoms with van der Waals surface area (Å²) in [5, 5.41) is 8.33. The van der Waals surface area contributed by atoms with E-state index >= 15 is 0 Å². The molecule has 2 heteroatoms. The predicted octanol–water partition coefficient (Wildman–Crippen LogP) is 11.2. The van der Waals surface area contributed by atoms with Gasteiger partial charge in [0.05, 0.1) is 10.9 Å². The van der Waals surface area contributed by atoms with Crippen molar-refractivity contribution in [3.8, 4) is 11.3 Å². The van der Waals surface area contributed by atoms with Crippen LogP contribution < -0.4 is 4.57 Å². The minimum atomic E-state index is 0.176. The zero-order valence-electron chi connectivity index (χ0n) is 27.7. The van der Waals surface area contributed by atoms with Crippen molar-refractivity contribution < 1.29 is 4.57 Å². The van der Waals surface area contributed by atoms with Crippen LogP contribution in [-0.2, 0) is 26.3 Å². The van der Waals surface area contributed by atoms with Gasteiger partial charge in [0.15, 0.2) is 6.20 Å². The molecule has 0 saturated carbocycles. The first-order chi connectivity index (χ1) is 19.5. The molecule has 218 valence electrons. The van der Waals surface area contributed by atoms with Gasteiger partial charge in [-0.3, -0.25) is 0 Å². The number of pyridine rings is 1. The molecule has 0 radical (unpaired) electrons. The number of hydrogen-bond donors (Lipinski definition) is 0. The Morgan fingerprint density at radius 3 is 1.83 bits per heavy atom. The van der Waals surface area contributed by atoms with E-state index in [9.17, 15) is 0 Å². The van der Waals surface area contributed by atoms with Gasteiger partial charge in [0.1, 0.15) is 7.05 Å². The summed E-state index contributed by atoms with van der Waals surface area (Å²) >= 11 is 2.03. The molecule has 0 unspecified atom stereocenters. The van der Waals surface area contributed by atoms with E-state index in [1.807, 2.05) is 11.8 Å². The molecule has 0 saturated heterocycles. The third-order valence-electron chi connectivity index (χ3n) is 8.56. The molecule has 1 nitrogen and oxygen atoms in total. The molecule has 1 aliphatic rings. The number of rotatable bonds is 3. The molecule has 0 atom stereocenters. The summed E-state index contributed by atoms with van der Waals surface area (Å²) in [6.07, 6.45) is 5.49. The second-order valence-corrected chi connectivity index (χ2v) is 17.5. The highest BCUT2D eigenvalue weighted by Gasteiger charge is 2.34. The molecule has 4 aromatic carbocycles. The van der Waals surface area contributed by atoms with Gasteiger partial charge in [-0.1, -0.05) is 110 Å². The van der Waals surface area contributed by atoms with Crippen molar-refractivity contribution in [3.05, 3.63) is 77.0 Å². The maximum atomic E-state index is 2.50. The molecule has 6 rings (SSSR count). The summed E-state index contributed by atoms with van der Waals surface area (Å²) in [5.74, 6) is 0. The smallest absolute Gasteiger partial charge is 0.200 e. The molecule has 5 aromatic rings. The molecule has 0 fully saturated rings. The van der Waals surface area contributed by atoms with Crippen LogP contribution in [0, 0.1) is 23.2 Å². The Hall–Kier alpha value is -2.84. The fourth-order valence-corrected chi connectivity index (χ4v) is 8.54. The Kier molecular flexibility index (Phi) is 6.85. The van der Waals surface area contributed by atoms with E-state index in [0.29, 0.717) is 0 Å². The van der Waals surface area contributed by atoms with Crippen molar-refractivity contribution in [1.29, 1.82) is 0 Å². The van der Waals surface area contributed by atoms with Crippen molar-refractivity contribution in [3.63, 3.8) is 0 Å². The average molecular weight is 575 g/mol. The van der Waals surface area contributed by atoms with Crippen molar-refractivity contribution in [2.45, 2.75) is 98.3 Å². The molecule has 42 heavy (non-hydrogen) atoms. The minimum absolute atomic E-state index is 0.176. The third-order valence-corrected chi connectivity index (χ3v) is 9.84. The van der Waals surface area contributed by atoms with Crippen molar-refractivity contribution in [1.82, 2.24) is 0 Å². The normalized spacial score (nSPS) is 13.8. The van der Waals surface area contributed by atoms with Gasteiger partial charge in [0.25, 0.3) is 0 Å². The second-order valence-electron chi connectivity index (χ2n) is 16.5. The van der Waals surface area contributed by atoms with Gasteiger partial charge in [-0.2, -0.15) is 0 Å². The van der Waals surface area contributed by atoms with Gasteiger partial charge in [-0.05, 0) is 97.7 Å². The Balaban J connectivity index is 1.69. The van der Waals surface area contributed by atoms with Crippen molar-refractivity contribution in [2.24, 2.45) is 23.3 Å². The zero-order valence-corrected chi connectivity index (χ0v) is 28.5. The topological polar surface area (TPSA) is 3.88 Å². The number of nitrogens with zero attached hydrogens (tertiary/aromatic N) is 1. The first kappa shape index (κ1) is 29.2. The lowest BCUT2D eigenvalue weighted by Crippen LogP contribution is -2.32. The van der Waals surface area contributed by atoms with Crippen LogP contribution in [0.5, 0.6) is 0 Å². The quantitative estimate of drug-likeness (QED) is 0.150. The van der Waals surface area contributed by atoms with E-state index < -0.39 is 0 Å². The average Bonchev–Trinajstić information content (AvgIpc) is 2.85. The molecule has 0 spiro atoms. The monoisotopic (exact) mass is 574 g/mol. The Labute approximate surface area is 257 Å². The van der Waals surface area contributed by atoms with E-state index in [1.165, 1.54) is 75.6 Å². The summed E-state index contributed by atoms with van der Waals surface area (Å²) < 4.78 is 2.38. The fraction of sp³-hybridized carbons (Fsp3) is 0.425. The Bertz CT molecular complexity index is 1890. The van der Waals surface area contributed by atoms with Gasteiger partial charge < -0.3 is 0 Å². The number of fused-ring (bicyclic) bond motifs is 5. The summed E-state index contributed by atoms with van der Waals surface area (Å²) in [6.45, 7) is 23.5. The first-order valence-corrected chi connectivity index (χ1v) is 16.5. The molecule has 1 aliphatic heterocycles. The van der Waals surface area contributed by atoms with Gasteiger partial charge in [-0.15, -0.1) is 0 Å². The van der Waals surface area contributed by atoms with Crippen LogP contribution in [0.25, 0.3) is 43.6 Å². The summed E-state index contributed by atoms with van der Waals surface area (Å²) in [6, 6.07) is 19.3. The second kappa shape index (κ2) is 9.84. The summed E-state index contributed by atoms with van der Waals surface area (Å²) in [4.78, 5) is 2.88. The number of benzene rings is 4. The van der Waals surface area contributed by atoms with Crippen LogP contribution in [0.3, 0.4) is 0 Å². The van der Waals surface area contributed by atoms with Crippen LogP contribution in [0.15, 0.2) is 64.5 Å². The lowest BCUT2D eigenvalue weighted by atomic mass is 9.81. The molecule has 0 bridgehead atoms. The van der Waals surface area contributed by atoms with Crippen LogP contribution in [0.2, 0.25) is 0 Å². The largest absolute Gasteiger partial charge is 0.222 e. The predicted molar refractivity (Wildman–Crippen MR) is 184 cm³/mol. The first-order valence-electron chi connectivity index (χ1n) is 15.6. The highest BCUT2D eigenvalue weighted by atomic mass is 32.2. The van der Waals surface area contributed by atoms with E-state index in [0.717, 1.165) is 19.3 Å². The van der Waals surface area contributed by atoms with E-state index in [-0.39, 0.29) is 16.2 Å². The lowest BCUT2D eigenvalue weighted by Gasteiger charge is -2.29. The molecule has 0 N–H and O–H groups in total. The van der Waals surface area contributed by atoms with Gasteiger partial charge in [0.2, 0.25) is 5.69 Å². The molecule has 0 aliphatic carbocycles. The minimum Gasteiger partial charge on any atom is -0.200 e. The number of aryl methyl sites for hydroxylation is 2. The van der Waals surface area contributed by atoms with E-state index in [1.54, 1.807) is 0 Å². The number of hydrogen-bond acceptors (Lipinski definition) is 1. The van der Waals surface area contributed by atoms with Gasteiger partial charge >= 0.3 is 0 Å². The SMILES string of the molecule is Cc1c2c(c(CC(C)(C)C)c3ccc(CC(C)(C)C)cc13)Sc1c3ccc(CC(C)(C)C)cc3cc3cc[n+](C)c-2c13. The third kappa shape index (κ3) is 5.37. The van der Waals surface area contributed by atoms with Crippen LogP contribution in [0.1, 0.15) is 84.6 Å².